The molecule has 1 atom stereocenters. The predicted molar refractivity (Wildman–Crippen MR) is 71.1 cm³/mol. The quantitative estimate of drug-likeness (QED) is 0.631. The van der Waals surface area contributed by atoms with Crippen LogP contribution in [0.3, 0.4) is 0 Å². The summed E-state index contributed by atoms with van der Waals surface area (Å²) >= 11 is 0. The van der Waals surface area contributed by atoms with Gasteiger partial charge in [0.15, 0.2) is 0 Å². The van der Waals surface area contributed by atoms with Crippen molar-refractivity contribution < 1.29 is 14.3 Å². The zero-order valence-electron chi connectivity index (χ0n) is 12.1. The highest BCUT2D eigenvalue weighted by molar-refractivity contribution is 5.91. The molecule has 0 radical (unpaired) electrons. The summed E-state index contributed by atoms with van der Waals surface area (Å²) in [4.78, 5) is 23.7. The summed E-state index contributed by atoms with van der Waals surface area (Å²) in [6.07, 6.45) is 0.841. The van der Waals surface area contributed by atoms with Crippen LogP contribution in [0.5, 0.6) is 0 Å². The van der Waals surface area contributed by atoms with Crippen molar-refractivity contribution >= 4 is 11.8 Å². The van der Waals surface area contributed by atoms with Gasteiger partial charge in [-0.15, -0.1) is 0 Å². The van der Waals surface area contributed by atoms with E-state index < -0.39 is 17.4 Å². The van der Waals surface area contributed by atoms with E-state index in [1.165, 1.54) is 0 Å². The van der Waals surface area contributed by atoms with Gasteiger partial charge in [0.25, 0.3) is 0 Å². The third-order valence-electron chi connectivity index (χ3n) is 3.20. The van der Waals surface area contributed by atoms with Gasteiger partial charge >= 0.3 is 0 Å². The lowest BCUT2D eigenvalue weighted by atomic mass is 9.83. The summed E-state index contributed by atoms with van der Waals surface area (Å²) in [7, 11) is 1.54. The molecule has 0 spiro atoms. The summed E-state index contributed by atoms with van der Waals surface area (Å²) in [5.41, 5.74) is -1.05. The fourth-order valence-electron chi connectivity index (χ4n) is 1.61. The predicted octanol–water partition coefficient (Wildman–Crippen LogP) is 0.584. The topological polar surface area (TPSA) is 91.2 Å². The minimum absolute atomic E-state index is 0.288. The van der Waals surface area contributed by atoms with E-state index in [0.29, 0.717) is 26.0 Å². The van der Waals surface area contributed by atoms with E-state index in [1.54, 1.807) is 27.9 Å². The first-order valence-electron chi connectivity index (χ1n) is 6.46. The Morgan fingerprint density at radius 1 is 1.37 bits per heavy atom. The average Bonchev–Trinajstić information content (AvgIpc) is 2.41. The molecule has 0 aromatic rings. The third kappa shape index (κ3) is 4.87. The van der Waals surface area contributed by atoms with E-state index in [9.17, 15) is 9.59 Å². The Balaban J connectivity index is 4.47. The molecule has 0 aliphatic carbocycles. The van der Waals surface area contributed by atoms with Crippen LogP contribution in [0.25, 0.3) is 0 Å². The molecule has 0 heterocycles. The Bertz CT molecular complexity index is 346. The molecule has 0 fully saturated rings. The lowest BCUT2D eigenvalue weighted by molar-refractivity contribution is -0.133. The Kier molecular flexibility index (Phi) is 7.77. The van der Waals surface area contributed by atoms with Gasteiger partial charge in [0.1, 0.15) is 11.5 Å². The van der Waals surface area contributed by atoms with Gasteiger partial charge in [-0.2, -0.15) is 5.26 Å². The van der Waals surface area contributed by atoms with Crippen LogP contribution in [0.4, 0.5) is 0 Å². The maximum atomic E-state index is 12.1. The first kappa shape index (κ1) is 17.4. The van der Waals surface area contributed by atoms with Crippen molar-refractivity contribution in [3.63, 3.8) is 0 Å². The Morgan fingerprint density at radius 3 is 2.37 bits per heavy atom. The molecule has 0 saturated carbocycles. The van der Waals surface area contributed by atoms with Crippen LogP contribution in [-0.4, -0.2) is 38.1 Å². The number of hydrogen-bond donors (Lipinski definition) is 2. The molecular formula is C13H23N3O3. The second-order valence-electron chi connectivity index (χ2n) is 4.38. The fraction of sp³-hybridized carbons (Fsp3) is 0.769. The van der Waals surface area contributed by atoms with Crippen molar-refractivity contribution in [1.29, 1.82) is 5.26 Å². The number of carbonyl (C=O) groups is 2. The summed E-state index contributed by atoms with van der Waals surface area (Å²) in [5.74, 6) is -0.682. The smallest absolute Gasteiger partial charge is 0.242 e. The fourth-order valence-corrected chi connectivity index (χ4v) is 1.61. The maximum absolute atomic E-state index is 12.1. The molecule has 6 nitrogen and oxygen atoms in total. The third-order valence-corrected chi connectivity index (χ3v) is 3.20. The minimum Gasteiger partial charge on any atom is -0.383 e. The monoisotopic (exact) mass is 269 g/mol. The second kappa shape index (κ2) is 8.48. The van der Waals surface area contributed by atoms with Crippen LogP contribution in [0.15, 0.2) is 0 Å². The standard InChI is InChI=1S/C13H23N3O3/c1-5-13(6-2,9-14)12(18)16-10(3)11(17)15-7-8-19-4/h10H,5-8H2,1-4H3,(H,15,17)(H,16,18). The number of hydrogen-bond acceptors (Lipinski definition) is 4. The van der Waals surface area contributed by atoms with Crippen LogP contribution in [0, 0.1) is 16.7 Å². The van der Waals surface area contributed by atoms with E-state index in [-0.39, 0.29) is 5.91 Å². The van der Waals surface area contributed by atoms with Gasteiger partial charge in [-0.25, -0.2) is 0 Å². The molecular weight excluding hydrogens is 246 g/mol. The highest BCUT2D eigenvalue weighted by atomic mass is 16.5. The molecule has 0 aliphatic rings. The highest BCUT2D eigenvalue weighted by Crippen LogP contribution is 2.25. The van der Waals surface area contributed by atoms with Crippen molar-refractivity contribution in [3.8, 4) is 6.07 Å². The molecule has 19 heavy (non-hydrogen) atoms. The number of nitrogens with zero attached hydrogens (tertiary/aromatic N) is 1. The Labute approximate surface area is 114 Å². The summed E-state index contributed by atoms with van der Waals surface area (Å²) in [6, 6.07) is 1.38. The number of rotatable bonds is 8. The largest absolute Gasteiger partial charge is 0.383 e. The maximum Gasteiger partial charge on any atom is 0.242 e. The van der Waals surface area contributed by atoms with E-state index in [1.807, 2.05) is 6.07 Å². The molecule has 6 heteroatoms. The van der Waals surface area contributed by atoms with Gasteiger partial charge in [0, 0.05) is 13.7 Å². The lowest BCUT2D eigenvalue weighted by Gasteiger charge is -2.24. The number of methoxy groups -OCH3 is 1. The minimum atomic E-state index is -1.05. The summed E-state index contributed by atoms with van der Waals surface area (Å²) in [5, 5.41) is 14.4. The van der Waals surface area contributed by atoms with Crippen LogP contribution in [0.1, 0.15) is 33.6 Å². The van der Waals surface area contributed by atoms with Crippen LogP contribution >= 0.6 is 0 Å². The van der Waals surface area contributed by atoms with Crippen LogP contribution in [0.2, 0.25) is 0 Å². The van der Waals surface area contributed by atoms with Gasteiger partial charge in [-0.05, 0) is 19.8 Å². The number of nitriles is 1. The summed E-state index contributed by atoms with van der Waals surface area (Å²) < 4.78 is 4.81. The number of nitrogens with one attached hydrogen (secondary N) is 2. The molecule has 0 aromatic heterocycles. The normalized spacial score (nSPS) is 12.4. The van der Waals surface area contributed by atoms with E-state index in [0.717, 1.165) is 0 Å². The lowest BCUT2D eigenvalue weighted by Crippen LogP contribution is -2.50. The van der Waals surface area contributed by atoms with E-state index in [4.69, 9.17) is 10.00 Å². The van der Waals surface area contributed by atoms with E-state index in [2.05, 4.69) is 10.6 Å². The molecule has 0 bridgehead atoms. The van der Waals surface area contributed by atoms with Gasteiger partial charge in [-0.3, -0.25) is 9.59 Å². The van der Waals surface area contributed by atoms with Gasteiger partial charge in [-0.1, -0.05) is 13.8 Å². The molecule has 2 N–H and O–H groups in total. The Hall–Kier alpha value is -1.61. The number of amides is 2. The van der Waals surface area contributed by atoms with Crippen LogP contribution in [-0.2, 0) is 14.3 Å². The molecule has 108 valence electrons. The molecule has 2 amide bonds. The van der Waals surface area contributed by atoms with Crippen molar-refractivity contribution in [2.24, 2.45) is 5.41 Å². The van der Waals surface area contributed by atoms with Gasteiger partial charge < -0.3 is 15.4 Å². The molecule has 0 aliphatic heterocycles. The number of ether oxygens (including phenoxy) is 1. The van der Waals surface area contributed by atoms with Crippen molar-refractivity contribution in [3.05, 3.63) is 0 Å². The highest BCUT2D eigenvalue weighted by Gasteiger charge is 2.36. The molecule has 0 saturated heterocycles. The van der Waals surface area contributed by atoms with Gasteiger partial charge in [0.2, 0.25) is 11.8 Å². The Morgan fingerprint density at radius 2 is 1.95 bits per heavy atom. The van der Waals surface area contributed by atoms with Crippen molar-refractivity contribution in [1.82, 2.24) is 10.6 Å². The zero-order chi connectivity index (χ0) is 14.9. The first-order chi connectivity index (χ1) is 8.97. The molecule has 0 aromatic carbocycles. The zero-order valence-corrected chi connectivity index (χ0v) is 12.1. The van der Waals surface area contributed by atoms with Crippen molar-refractivity contribution in [2.75, 3.05) is 20.3 Å². The average molecular weight is 269 g/mol. The first-order valence-corrected chi connectivity index (χ1v) is 6.46. The van der Waals surface area contributed by atoms with Gasteiger partial charge in [0.05, 0.1) is 12.7 Å². The van der Waals surface area contributed by atoms with E-state index >= 15 is 0 Å². The summed E-state index contributed by atoms with van der Waals surface area (Å²) in [6.45, 7) is 5.97. The SMILES string of the molecule is CCC(C#N)(CC)C(=O)NC(C)C(=O)NCCOC. The van der Waals surface area contributed by atoms with Crippen LogP contribution < -0.4 is 10.6 Å². The second-order valence-corrected chi connectivity index (χ2v) is 4.38. The van der Waals surface area contributed by atoms with Crippen molar-refractivity contribution in [2.45, 2.75) is 39.7 Å². The number of carbonyl (C=O) groups excluding carboxylic acids is 2. The molecule has 1 unspecified atom stereocenters. The molecule has 0 rings (SSSR count).